The fraction of sp³-hybridized carbons (Fsp3) is 0.294. The van der Waals surface area contributed by atoms with E-state index in [1.165, 1.54) is 11.3 Å². The minimum atomic E-state index is 0.753. The predicted molar refractivity (Wildman–Crippen MR) is 88.5 cm³/mol. The minimum Gasteiger partial charge on any atom is -0.496 e. The maximum atomic E-state index is 5.41. The lowest BCUT2D eigenvalue weighted by molar-refractivity contribution is 0.410. The van der Waals surface area contributed by atoms with Crippen molar-refractivity contribution in [3.8, 4) is 5.75 Å². The summed E-state index contributed by atoms with van der Waals surface area (Å²) in [6, 6.07) is 14.6. The normalized spacial score (nSPS) is 10.3. The minimum absolute atomic E-state index is 0.753. The first-order valence-corrected chi connectivity index (χ1v) is 7.68. The summed E-state index contributed by atoms with van der Waals surface area (Å²) >= 11 is 3.51. The summed E-state index contributed by atoms with van der Waals surface area (Å²) in [5.74, 6) is 0.911. The van der Waals surface area contributed by atoms with Gasteiger partial charge in [0.1, 0.15) is 5.75 Å². The van der Waals surface area contributed by atoms with Crippen molar-refractivity contribution in [1.82, 2.24) is 0 Å². The quantitative estimate of drug-likeness (QED) is 0.801. The molecule has 0 aliphatic carbocycles. The molecule has 0 atom stereocenters. The van der Waals surface area contributed by atoms with Crippen LogP contribution in [0.1, 0.15) is 24.5 Å². The number of rotatable bonds is 6. The van der Waals surface area contributed by atoms with E-state index >= 15 is 0 Å². The molecule has 1 N–H and O–H groups in total. The Labute approximate surface area is 129 Å². The molecule has 0 spiro atoms. The van der Waals surface area contributed by atoms with E-state index in [1.807, 2.05) is 12.1 Å². The Morgan fingerprint density at radius 3 is 2.65 bits per heavy atom. The van der Waals surface area contributed by atoms with Gasteiger partial charge in [-0.25, -0.2) is 0 Å². The molecule has 2 rings (SSSR count). The Morgan fingerprint density at radius 1 is 1.10 bits per heavy atom. The first-order valence-electron chi connectivity index (χ1n) is 6.88. The molecule has 0 aliphatic rings. The Hall–Kier alpha value is -1.48. The highest BCUT2D eigenvalue weighted by Crippen LogP contribution is 2.25. The van der Waals surface area contributed by atoms with Crippen molar-refractivity contribution in [2.75, 3.05) is 12.4 Å². The van der Waals surface area contributed by atoms with E-state index in [1.54, 1.807) is 7.11 Å². The molecule has 0 radical (unpaired) electrons. The van der Waals surface area contributed by atoms with Crippen molar-refractivity contribution in [2.45, 2.75) is 26.3 Å². The molecule has 0 fully saturated rings. The Balaban J connectivity index is 2.14. The van der Waals surface area contributed by atoms with Gasteiger partial charge >= 0.3 is 0 Å². The van der Waals surface area contributed by atoms with Gasteiger partial charge in [0.15, 0.2) is 0 Å². The highest BCUT2D eigenvalue weighted by Gasteiger charge is 2.05. The van der Waals surface area contributed by atoms with Gasteiger partial charge in [0.2, 0.25) is 0 Å². The molecule has 0 unspecified atom stereocenters. The molecule has 3 heteroatoms. The molecule has 0 bridgehead atoms. The first kappa shape index (κ1) is 14.9. The summed E-state index contributed by atoms with van der Waals surface area (Å²) in [5.41, 5.74) is 3.72. The molecule has 20 heavy (non-hydrogen) atoms. The third-order valence-corrected chi connectivity index (χ3v) is 3.74. The number of benzene rings is 2. The van der Waals surface area contributed by atoms with Gasteiger partial charge in [-0.15, -0.1) is 0 Å². The molecule has 0 heterocycles. The summed E-state index contributed by atoms with van der Waals surface area (Å²) in [6.07, 6.45) is 2.25. The summed E-state index contributed by atoms with van der Waals surface area (Å²) in [6.45, 7) is 2.96. The van der Waals surface area contributed by atoms with Gasteiger partial charge < -0.3 is 10.1 Å². The SMILES string of the molecule is CCCc1ccccc1NCc1cc(Br)ccc1OC. The number of nitrogens with one attached hydrogen (secondary N) is 1. The van der Waals surface area contributed by atoms with Crippen molar-refractivity contribution < 1.29 is 4.74 Å². The van der Waals surface area contributed by atoms with Crippen molar-refractivity contribution >= 4 is 21.6 Å². The summed E-state index contributed by atoms with van der Waals surface area (Å²) in [4.78, 5) is 0. The number of ether oxygens (including phenoxy) is 1. The van der Waals surface area contributed by atoms with E-state index in [0.717, 1.165) is 35.2 Å². The molecule has 2 aromatic carbocycles. The lowest BCUT2D eigenvalue weighted by atomic mass is 10.1. The molecular formula is C17H20BrNO. The number of methoxy groups -OCH3 is 1. The molecule has 2 nitrogen and oxygen atoms in total. The van der Waals surface area contributed by atoms with Gasteiger partial charge in [-0.05, 0) is 36.2 Å². The number of hydrogen-bond acceptors (Lipinski definition) is 2. The fourth-order valence-electron chi connectivity index (χ4n) is 2.26. The van der Waals surface area contributed by atoms with Crippen LogP contribution in [0.4, 0.5) is 5.69 Å². The molecule has 0 saturated carbocycles. The molecule has 0 saturated heterocycles. The molecule has 0 aliphatic heterocycles. The van der Waals surface area contributed by atoms with E-state index in [2.05, 4.69) is 58.5 Å². The highest BCUT2D eigenvalue weighted by molar-refractivity contribution is 9.10. The van der Waals surface area contributed by atoms with Crippen LogP contribution in [0, 0.1) is 0 Å². The van der Waals surface area contributed by atoms with Gasteiger partial charge in [-0.3, -0.25) is 0 Å². The Bertz CT molecular complexity index is 569. The second kappa shape index (κ2) is 7.34. The Kier molecular flexibility index (Phi) is 5.48. The maximum Gasteiger partial charge on any atom is 0.123 e. The van der Waals surface area contributed by atoms with Crippen molar-refractivity contribution in [3.63, 3.8) is 0 Å². The van der Waals surface area contributed by atoms with Crippen LogP contribution in [0.15, 0.2) is 46.9 Å². The number of anilines is 1. The lowest BCUT2D eigenvalue weighted by Gasteiger charge is -2.14. The topological polar surface area (TPSA) is 21.3 Å². The van der Waals surface area contributed by atoms with Crippen LogP contribution < -0.4 is 10.1 Å². The van der Waals surface area contributed by atoms with Crippen LogP contribution in [-0.4, -0.2) is 7.11 Å². The van der Waals surface area contributed by atoms with Crippen LogP contribution in [0.25, 0.3) is 0 Å². The zero-order valence-electron chi connectivity index (χ0n) is 11.9. The largest absolute Gasteiger partial charge is 0.496 e. The molecule has 106 valence electrons. The number of aryl methyl sites for hydroxylation is 1. The molecule has 2 aromatic rings. The Morgan fingerprint density at radius 2 is 1.90 bits per heavy atom. The van der Waals surface area contributed by atoms with E-state index in [0.29, 0.717) is 0 Å². The zero-order chi connectivity index (χ0) is 14.4. The monoisotopic (exact) mass is 333 g/mol. The lowest BCUT2D eigenvalue weighted by Crippen LogP contribution is -2.04. The average molecular weight is 334 g/mol. The van der Waals surface area contributed by atoms with Crippen molar-refractivity contribution in [1.29, 1.82) is 0 Å². The summed E-state index contributed by atoms with van der Waals surface area (Å²) in [5, 5.41) is 3.52. The molecule has 0 aromatic heterocycles. The summed E-state index contributed by atoms with van der Waals surface area (Å²) < 4.78 is 6.47. The molecular weight excluding hydrogens is 314 g/mol. The van der Waals surface area contributed by atoms with Gasteiger partial charge in [-0.2, -0.15) is 0 Å². The van der Waals surface area contributed by atoms with Gasteiger partial charge in [0.05, 0.1) is 7.11 Å². The van der Waals surface area contributed by atoms with Gasteiger partial charge in [0, 0.05) is 22.3 Å². The number of para-hydroxylation sites is 1. The third kappa shape index (κ3) is 3.76. The van der Waals surface area contributed by atoms with Crippen molar-refractivity contribution in [2.24, 2.45) is 0 Å². The fourth-order valence-corrected chi connectivity index (χ4v) is 2.66. The van der Waals surface area contributed by atoms with E-state index in [9.17, 15) is 0 Å². The molecule has 0 amide bonds. The number of halogens is 1. The number of hydrogen-bond donors (Lipinski definition) is 1. The average Bonchev–Trinajstić information content (AvgIpc) is 2.47. The van der Waals surface area contributed by atoms with E-state index in [-0.39, 0.29) is 0 Å². The predicted octanol–water partition coefficient (Wildman–Crippen LogP) is 5.02. The second-order valence-corrected chi connectivity index (χ2v) is 5.63. The standard InChI is InChI=1S/C17H20BrNO/c1-3-6-13-7-4-5-8-16(13)19-12-14-11-15(18)9-10-17(14)20-2/h4-5,7-11,19H,3,6,12H2,1-2H3. The summed E-state index contributed by atoms with van der Waals surface area (Å²) in [7, 11) is 1.71. The van der Waals surface area contributed by atoms with E-state index in [4.69, 9.17) is 4.74 Å². The zero-order valence-corrected chi connectivity index (χ0v) is 13.5. The van der Waals surface area contributed by atoms with Crippen LogP contribution in [0.5, 0.6) is 5.75 Å². The maximum absolute atomic E-state index is 5.41. The van der Waals surface area contributed by atoms with Crippen LogP contribution in [0.3, 0.4) is 0 Å². The van der Waals surface area contributed by atoms with Gasteiger partial charge in [0.25, 0.3) is 0 Å². The smallest absolute Gasteiger partial charge is 0.123 e. The van der Waals surface area contributed by atoms with Crippen LogP contribution in [-0.2, 0) is 13.0 Å². The second-order valence-electron chi connectivity index (χ2n) is 4.72. The van der Waals surface area contributed by atoms with Gasteiger partial charge in [-0.1, -0.05) is 47.5 Å². The third-order valence-electron chi connectivity index (χ3n) is 3.25. The van der Waals surface area contributed by atoms with Crippen LogP contribution >= 0.6 is 15.9 Å². The highest BCUT2D eigenvalue weighted by atomic mass is 79.9. The van der Waals surface area contributed by atoms with Crippen LogP contribution in [0.2, 0.25) is 0 Å². The van der Waals surface area contributed by atoms with E-state index < -0.39 is 0 Å². The first-order chi connectivity index (χ1) is 9.74. The van der Waals surface area contributed by atoms with Crippen molar-refractivity contribution in [3.05, 3.63) is 58.1 Å².